The van der Waals surface area contributed by atoms with E-state index >= 15 is 0 Å². The summed E-state index contributed by atoms with van der Waals surface area (Å²) in [4.78, 5) is 13.1. The fourth-order valence-corrected chi connectivity index (χ4v) is 5.29. The van der Waals surface area contributed by atoms with Crippen LogP contribution < -0.4 is 23.7 Å². The third kappa shape index (κ3) is 5.85. The number of nitrogens with zero attached hydrogens (tertiary/aromatic N) is 6. The van der Waals surface area contributed by atoms with Crippen molar-refractivity contribution in [2.24, 2.45) is 0 Å². The van der Waals surface area contributed by atoms with Gasteiger partial charge in [-0.2, -0.15) is 0 Å². The van der Waals surface area contributed by atoms with Gasteiger partial charge in [0.15, 0.2) is 5.82 Å². The predicted octanol–water partition coefficient (Wildman–Crippen LogP) is 2.98. The minimum absolute atomic E-state index is 0.143. The third-order valence-electron chi connectivity index (χ3n) is 6.20. The first kappa shape index (κ1) is 29.5. The maximum Gasteiger partial charge on any atom is 0.243 e. The molecule has 0 saturated heterocycles. The van der Waals surface area contributed by atoms with Crippen LogP contribution in [0.25, 0.3) is 17.2 Å². The predicted molar refractivity (Wildman–Crippen MR) is 149 cm³/mol. The van der Waals surface area contributed by atoms with Gasteiger partial charge in [0, 0.05) is 19.4 Å². The average molecular weight is 586 g/mol. The van der Waals surface area contributed by atoms with Gasteiger partial charge in [0.2, 0.25) is 27.7 Å². The second kappa shape index (κ2) is 12.3. The van der Waals surface area contributed by atoms with E-state index in [0.29, 0.717) is 34.5 Å². The smallest absolute Gasteiger partial charge is 0.243 e. The first-order valence-corrected chi connectivity index (χ1v) is 13.8. The minimum Gasteiger partial charge on any atom is -0.494 e. The van der Waals surface area contributed by atoms with Crippen LogP contribution in [0.4, 0.5) is 5.95 Å². The second-order valence-corrected chi connectivity index (χ2v) is 10.7. The molecule has 41 heavy (non-hydrogen) atoms. The van der Waals surface area contributed by atoms with Crippen molar-refractivity contribution < 1.29 is 32.1 Å². The van der Waals surface area contributed by atoms with E-state index in [1.165, 1.54) is 53.2 Å². The van der Waals surface area contributed by atoms with E-state index in [4.69, 9.17) is 23.7 Å². The highest BCUT2D eigenvalue weighted by Gasteiger charge is 2.36. The van der Waals surface area contributed by atoms with Crippen LogP contribution in [0, 0.1) is 6.92 Å². The number of anilines is 1. The Bertz CT molecular complexity index is 1610. The Morgan fingerprint density at radius 3 is 2.17 bits per heavy atom. The molecule has 0 bridgehead atoms. The molecule has 0 aliphatic heterocycles. The van der Waals surface area contributed by atoms with Gasteiger partial charge in [-0.1, -0.05) is 12.1 Å². The summed E-state index contributed by atoms with van der Waals surface area (Å²) < 4.78 is 59.1. The number of pyridine rings is 1. The molecule has 2 atom stereocenters. The number of aromatic nitrogens is 6. The van der Waals surface area contributed by atoms with Crippen molar-refractivity contribution in [3.63, 3.8) is 0 Å². The molecule has 4 rings (SSSR count). The zero-order valence-electron chi connectivity index (χ0n) is 23.6. The summed E-state index contributed by atoms with van der Waals surface area (Å²) in [6.45, 7) is 3.23. The Hall–Kier alpha value is -4.50. The lowest BCUT2D eigenvalue weighted by Gasteiger charge is -2.24. The van der Waals surface area contributed by atoms with Crippen molar-refractivity contribution in [3.05, 3.63) is 54.0 Å². The fraction of sp³-hybridized carbons (Fsp3) is 0.346. The Morgan fingerprint density at radius 1 is 0.878 bits per heavy atom. The number of aryl methyl sites for hydroxylation is 1. The molecule has 3 aromatic heterocycles. The molecule has 0 unspecified atom stereocenters. The molecule has 0 saturated carbocycles. The largest absolute Gasteiger partial charge is 0.494 e. The van der Waals surface area contributed by atoms with E-state index < -0.39 is 21.4 Å². The van der Waals surface area contributed by atoms with Crippen LogP contribution in [0.1, 0.15) is 24.4 Å². The third-order valence-corrected chi connectivity index (χ3v) is 7.90. The Balaban J connectivity index is 1.86. The van der Waals surface area contributed by atoms with Gasteiger partial charge in [-0.05, 0) is 32.0 Å². The molecule has 0 aliphatic rings. The molecule has 1 aromatic carbocycles. The minimum atomic E-state index is -4.21. The molecule has 0 fully saturated rings. The van der Waals surface area contributed by atoms with Crippen LogP contribution in [0.5, 0.6) is 23.3 Å². The summed E-state index contributed by atoms with van der Waals surface area (Å²) in [5, 5.41) is 7.28. The molecule has 1 N–H and O–H groups in total. The van der Waals surface area contributed by atoms with Crippen molar-refractivity contribution in [2.45, 2.75) is 25.2 Å². The lowest BCUT2D eigenvalue weighted by atomic mass is 10.2. The molecule has 218 valence electrons. The van der Waals surface area contributed by atoms with Crippen molar-refractivity contribution in [2.75, 3.05) is 40.3 Å². The van der Waals surface area contributed by atoms with Gasteiger partial charge in [0.1, 0.15) is 39.9 Å². The van der Waals surface area contributed by atoms with Gasteiger partial charge in [-0.3, -0.25) is 14.3 Å². The molecule has 0 aliphatic carbocycles. The summed E-state index contributed by atoms with van der Waals surface area (Å²) >= 11 is 0. The molecular formula is C26H31N7O7S. The van der Waals surface area contributed by atoms with Gasteiger partial charge in [0.05, 0.1) is 34.1 Å². The maximum atomic E-state index is 13.8. The number of ether oxygens (including phenoxy) is 5. The average Bonchev–Trinajstić information content (AvgIpc) is 3.39. The van der Waals surface area contributed by atoms with Crippen molar-refractivity contribution in [1.29, 1.82) is 0 Å². The summed E-state index contributed by atoms with van der Waals surface area (Å²) in [6, 6.07) is 10.2. The highest BCUT2D eigenvalue weighted by molar-refractivity contribution is 7.93. The van der Waals surface area contributed by atoms with E-state index in [-0.39, 0.29) is 23.3 Å². The SMILES string of the molecule is COc1cccc(-c2nnc(NS(=O)(=O)[C@@H](C)[C@@H](OC)c3ncc(C)nc3OC)n2-c2c(OC)cccc2OC)n1. The van der Waals surface area contributed by atoms with Crippen LogP contribution in [-0.4, -0.2) is 78.9 Å². The standard InChI is InChI=1S/C26H31N7O7S/c1-15-14-27-21(25(28-15)40-7)23(39-6)16(2)41(34,35)32-26-31-30-24(17-10-8-13-20(29-17)38-5)33(26)22-18(36-3)11-9-12-19(22)37-4/h8-14,16,23H,1-7H3,(H,31,32)/t16-,23+/m0/s1. The first-order valence-electron chi connectivity index (χ1n) is 12.3. The number of para-hydroxylation sites is 1. The highest BCUT2D eigenvalue weighted by atomic mass is 32.2. The number of sulfonamides is 1. The van der Waals surface area contributed by atoms with Crippen LogP contribution >= 0.6 is 0 Å². The highest BCUT2D eigenvalue weighted by Crippen LogP contribution is 2.38. The summed E-state index contributed by atoms with van der Waals surface area (Å²) in [7, 11) is 3.05. The summed E-state index contributed by atoms with van der Waals surface area (Å²) in [5.74, 6) is 1.29. The molecule has 3 heterocycles. The van der Waals surface area contributed by atoms with Gasteiger partial charge in [-0.15, -0.1) is 10.2 Å². The molecule has 0 amide bonds. The molecule has 15 heteroatoms. The number of hydrogen-bond acceptors (Lipinski definition) is 12. The van der Waals surface area contributed by atoms with Crippen molar-refractivity contribution >= 4 is 16.0 Å². The van der Waals surface area contributed by atoms with Crippen LogP contribution in [0.2, 0.25) is 0 Å². The van der Waals surface area contributed by atoms with Gasteiger partial charge >= 0.3 is 0 Å². The lowest BCUT2D eigenvalue weighted by Crippen LogP contribution is -2.33. The molecular weight excluding hydrogens is 554 g/mol. The Kier molecular flexibility index (Phi) is 8.88. The van der Waals surface area contributed by atoms with Crippen LogP contribution in [-0.2, 0) is 14.8 Å². The maximum absolute atomic E-state index is 13.8. The number of nitrogens with one attached hydrogen (secondary N) is 1. The number of hydrogen-bond donors (Lipinski definition) is 1. The van der Waals surface area contributed by atoms with Crippen LogP contribution in [0.15, 0.2) is 42.6 Å². The summed E-state index contributed by atoms with van der Waals surface area (Å²) in [6.07, 6.45) is 0.474. The number of benzene rings is 1. The zero-order valence-corrected chi connectivity index (χ0v) is 24.5. The lowest BCUT2D eigenvalue weighted by molar-refractivity contribution is 0.0955. The topological polar surface area (TPSA) is 162 Å². The van der Waals surface area contributed by atoms with E-state index in [9.17, 15) is 8.42 Å². The monoisotopic (exact) mass is 585 g/mol. The Labute approximate surface area is 237 Å². The normalized spacial score (nSPS) is 12.9. The fourth-order valence-electron chi connectivity index (χ4n) is 4.15. The number of rotatable bonds is 12. The van der Waals surface area contributed by atoms with Gasteiger partial charge in [0.25, 0.3) is 0 Å². The zero-order chi connectivity index (χ0) is 29.7. The quantitative estimate of drug-likeness (QED) is 0.259. The van der Waals surface area contributed by atoms with Gasteiger partial charge in [-0.25, -0.2) is 18.4 Å². The first-order chi connectivity index (χ1) is 19.7. The molecule has 0 radical (unpaired) electrons. The second-order valence-electron chi connectivity index (χ2n) is 8.67. The van der Waals surface area contributed by atoms with E-state index in [0.717, 1.165) is 0 Å². The van der Waals surface area contributed by atoms with E-state index in [2.05, 4.69) is 29.9 Å². The van der Waals surface area contributed by atoms with E-state index in [1.54, 1.807) is 43.3 Å². The van der Waals surface area contributed by atoms with Gasteiger partial charge < -0.3 is 23.7 Å². The summed E-state index contributed by atoms with van der Waals surface area (Å²) in [5.41, 5.74) is 1.54. The molecule has 0 spiro atoms. The van der Waals surface area contributed by atoms with Crippen molar-refractivity contribution in [3.8, 4) is 40.5 Å². The number of methoxy groups -OCH3 is 5. The van der Waals surface area contributed by atoms with Crippen molar-refractivity contribution in [1.82, 2.24) is 29.7 Å². The van der Waals surface area contributed by atoms with E-state index in [1.807, 2.05) is 0 Å². The molecule has 14 nitrogen and oxygen atoms in total. The molecule has 4 aromatic rings. The van der Waals surface area contributed by atoms with Crippen LogP contribution in [0.3, 0.4) is 0 Å². The Morgan fingerprint density at radius 2 is 1.56 bits per heavy atom.